The van der Waals surface area contributed by atoms with Gasteiger partial charge in [-0.3, -0.25) is 14.2 Å². The fourth-order valence-corrected chi connectivity index (χ4v) is 3.07. The van der Waals surface area contributed by atoms with Gasteiger partial charge in [-0.25, -0.2) is 4.98 Å². The second kappa shape index (κ2) is 9.08. The molecule has 0 bridgehead atoms. The summed E-state index contributed by atoms with van der Waals surface area (Å²) in [6, 6.07) is 9.22. The normalized spacial score (nSPS) is 10.5. The van der Waals surface area contributed by atoms with Crippen LogP contribution >= 0.6 is 11.8 Å². The number of amides is 1. The molecule has 1 heterocycles. The number of para-hydroxylation sites is 1. The number of aromatic nitrogens is 2. The molecule has 2 rings (SSSR count). The average Bonchev–Trinajstić information content (AvgIpc) is 2.59. The first-order valence-corrected chi connectivity index (χ1v) is 8.92. The zero-order valence-corrected chi connectivity index (χ0v) is 14.4. The summed E-state index contributed by atoms with van der Waals surface area (Å²) in [7, 11) is 0. The molecule has 7 heteroatoms. The van der Waals surface area contributed by atoms with E-state index in [-0.39, 0.29) is 23.6 Å². The van der Waals surface area contributed by atoms with Gasteiger partial charge in [-0.15, -0.1) is 0 Å². The molecule has 1 aromatic carbocycles. The molecule has 1 N–H and O–H groups in total. The summed E-state index contributed by atoms with van der Waals surface area (Å²) < 4.78 is 1.65. The van der Waals surface area contributed by atoms with E-state index in [4.69, 9.17) is 5.26 Å². The number of hydrogen-bond donors (Lipinski definition) is 1. The highest BCUT2D eigenvalue weighted by Crippen LogP contribution is 2.18. The molecular formula is C17H20N4O2S. The van der Waals surface area contributed by atoms with E-state index in [0.717, 1.165) is 12.8 Å². The third-order valence-corrected chi connectivity index (χ3v) is 4.43. The van der Waals surface area contributed by atoms with Gasteiger partial charge >= 0.3 is 0 Å². The molecular weight excluding hydrogens is 324 g/mol. The Morgan fingerprint density at radius 1 is 1.42 bits per heavy atom. The van der Waals surface area contributed by atoms with E-state index in [1.807, 2.05) is 18.2 Å². The third kappa shape index (κ3) is 4.59. The molecule has 2 aromatic rings. The van der Waals surface area contributed by atoms with Crippen molar-refractivity contribution in [2.45, 2.75) is 37.9 Å². The zero-order chi connectivity index (χ0) is 17.4. The van der Waals surface area contributed by atoms with Crippen LogP contribution in [-0.4, -0.2) is 27.8 Å². The molecule has 0 atom stereocenters. The first-order valence-electron chi connectivity index (χ1n) is 7.93. The van der Waals surface area contributed by atoms with E-state index in [1.165, 1.54) is 11.8 Å². The summed E-state index contributed by atoms with van der Waals surface area (Å²) in [6.07, 6.45) is 2.13. The van der Waals surface area contributed by atoms with E-state index >= 15 is 0 Å². The monoisotopic (exact) mass is 344 g/mol. The van der Waals surface area contributed by atoms with Crippen molar-refractivity contribution in [2.75, 3.05) is 12.3 Å². The van der Waals surface area contributed by atoms with Gasteiger partial charge in [-0.1, -0.05) is 37.2 Å². The molecule has 0 unspecified atom stereocenters. The van der Waals surface area contributed by atoms with Crippen LogP contribution in [0.3, 0.4) is 0 Å². The molecule has 0 aliphatic heterocycles. The Balaban J connectivity index is 2.22. The predicted octanol–water partition coefficient (Wildman–Crippen LogP) is 2.32. The summed E-state index contributed by atoms with van der Waals surface area (Å²) >= 11 is 1.25. The Morgan fingerprint density at radius 2 is 2.21 bits per heavy atom. The molecule has 0 saturated heterocycles. The zero-order valence-electron chi connectivity index (χ0n) is 13.6. The van der Waals surface area contributed by atoms with Crippen molar-refractivity contribution in [1.82, 2.24) is 14.9 Å². The number of nitrogens with zero attached hydrogens (tertiary/aromatic N) is 3. The van der Waals surface area contributed by atoms with Gasteiger partial charge in [0, 0.05) is 13.1 Å². The highest BCUT2D eigenvalue weighted by molar-refractivity contribution is 7.99. The lowest BCUT2D eigenvalue weighted by molar-refractivity contribution is -0.118. The van der Waals surface area contributed by atoms with Crippen LogP contribution < -0.4 is 10.9 Å². The smallest absolute Gasteiger partial charge is 0.262 e. The van der Waals surface area contributed by atoms with Gasteiger partial charge < -0.3 is 5.32 Å². The molecule has 6 nitrogen and oxygen atoms in total. The topological polar surface area (TPSA) is 87.8 Å². The number of carbonyl (C=O) groups is 1. The van der Waals surface area contributed by atoms with Crippen LogP contribution in [-0.2, 0) is 11.3 Å². The number of unbranched alkanes of at least 4 members (excludes halogenated alkanes) is 1. The van der Waals surface area contributed by atoms with Crippen molar-refractivity contribution in [3.8, 4) is 6.07 Å². The van der Waals surface area contributed by atoms with Crippen LogP contribution in [0.15, 0.2) is 34.2 Å². The Morgan fingerprint density at radius 3 is 2.96 bits per heavy atom. The Hall–Kier alpha value is -2.33. The van der Waals surface area contributed by atoms with Crippen molar-refractivity contribution in [1.29, 1.82) is 5.26 Å². The maximum Gasteiger partial charge on any atom is 0.262 e. The first kappa shape index (κ1) is 18.0. The molecule has 1 amide bonds. The van der Waals surface area contributed by atoms with Crippen molar-refractivity contribution in [3.05, 3.63) is 34.6 Å². The van der Waals surface area contributed by atoms with E-state index in [0.29, 0.717) is 29.1 Å². The quantitative estimate of drug-likeness (QED) is 0.451. The molecule has 0 aliphatic carbocycles. The van der Waals surface area contributed by atoms with Crippen molar-refractivity contribution >= 4 is 28.6 Å². The van der Waals surface area contributed by atoms with Crippen LogP contribution in [0.1, 0.15) is 26.2 Å². The van der Waals surface area contributed by atoms with Gasteiger partial charge in [-0.05, 0) is 18.6 Å². The summed E-state index contributed by atoms with van der Waals surface area (Å²) in [5.41, 5.74) is 0.573. The Labute approximate surface area is 144 Å². The number of rotatable bonds is 8. The van der Waals surface area contributed by atoms with Crippen molar-refractivity contribution < 1.29 is 4.79 Å². The van der Waals surface area contributed by atoms with Crippen molar-refractivity contribution in [3.63, 3.8) is 0 Å². The molecule has 126 valence electrons. The molecule has 0 radical (unpaired) electrons. The fourth-order valence-electron chi connectivity index (χ4n) is 2.21. The van der Waals surface area contributed by atoms with Crippen molar-refractivity contribution in [2.24, 2.45) is 0 Å². The molecule has 24 heavy (non-hydrogen) atoms. The molecule has 1 aromatic heterocycles. The van der Waals surface area contributed by atoms with Gasteiger partial charge in [0.2, 0.25) is 5.91 Å². The highest BCUT2D eigenvalue weighted by atomic mass is 32.2. The Bertz CT molecular complexity index is 810. The lowest BCUT2D eigenvalue weighted by Crippen LogP contribution is -2.27. The first-order chi connectivity index (χ1) is 11.7. The number of carbonyl (C=O) groups excluding carboxylic acids is 1. The Kier molecular flexibility index (Phi) is 6.82. The van der Waals surface area contributed by atoms with Gasteiger partial charge in [0.05, 0.1) is 29.1 Å². The summed E-state index contributed by atoms with van der Waals surface area (Å²) in [6.45, 7) is 2.99. The van der Waals surface area contributed by atoms with E-state index in [1.54, 1.807) is 16.7 Å². The second-order valence-corrected chi connectivity index (χ2v) is 6.21. The number of fused-ring (bicyclic) bond motifs is 1. The number of hydrogen-bond acceptors (Lipinski definition) is 5. The van der Waals surface area contributed by atoms with Crippen LogP contribution in [0.4, 0.5) is 0 Å². The van der Waals surface area contributed by atoms with Gasteiger partial charge in [0.1, 0.15) is 0 Å². The highest BCUT2D eigenvalue weighted by Gasteiger charge is 2.12. The largest absolute Gasteiger partial charge is 0.354 e. The minimum atomic E-state index is -0.167. The summed E-state index contributed by atoms with van der Waals surface area (Å²) in [5.74, 6) is 0.00204. The minimum Gasteiger partial charge on any atom is -0.354 e. The lowest BCUT2D eigenvalue weighted by atomic mass is 10.2. The molecule has 0 saturated carbocycles. The van der Waals surface area contributed by atoms with Crippen LogP contribution in [0, 0.1) is 11.3 Å². The predicted molar refractivity (Wildman–Crippen MR) is 94.9 cm³/mol. The van der Waals surface area contributed by atoms with E-state index in [2.05, 4.69) is 17.2 Å². The van der Waals surface area contributed by atoms with Crippen LogP contribution in [0.2, 0.25) is 0 Å². The van der Waals surface area contributed by atoms with Gasteiger partial charge in [0.15, 0.2) is 5.16 Å². The summed E-state index contributed by atoms with van der Waals surface area (Å²) in [5, 5.41) is 12.3. The van der Waals surface area contributed by atoms with E-state index < -0.39 is 0 Å². The SMILES string of the molecule is CCCCn1c(SCC(=O)NCCC#N)nc2ccccc2c1=O. The van der Waals surface area contributed by atoms with Gasteiger partial charge in [-0.2, -0.15) is 5.26 Å². The number of thioether (sulfide) groups is 1. The number of nitrogens with one attached hydrogen (secondary N) is 1. The number of nitriles is 1. The van der Waals surface area contributed by atoms with Crippen LogP contribution in [0.25, 0.3) is 10.9 Å². The van der Waals surface area contributed by atoms with Gasteiger partial charge in [0.25, 0.3) is 5.56 Å². The standard InChI is InChI=1S/C17H20N4O2S/c1-2-3-11-21-16(23)13-7-4-5-8-14(13)20-17(21)24-12-15(22)19-10-6-9-18/h4-5,7-8H,2-3,6,10-12H2,1H3,(H,19,22). The molecule has 0 spiro atoms. The lowest BCUT2D eigenvalue weighted by Gasteiger charge is -2.12. The third-order valence-electron chi connectivity index (χ3n) is 3.45. The minimum absolute atomic E-state index is 0.0681. The maximum atomic E-state index is 12.7. The van der Waals surface area contributed by atoms with E-state index in [9.17, 15) is 9.59 Å². The second-order valence-electron chi connectivity index (χ2n) is 5.27. The summed E-state index contributed by atoms with van der Waals surface area (Å²) in [4.78, 5) is 29.0. The average molecular weight is 344 g/mol. The van der Waals surface area contributed by atoms with Crippen LogP contribution in [0.5, 0.6) is 0 Å². The maximum absolute atomic E-state index is 12.7. The molecule has 0 fully saturated rings. The number of benzene rings is 1. The molecule has 0 aliphatic rings. The fraction of sp³-hybridized carbons (Fsp3) is 0.412.